The Balaban J connectivity index is 1.92. The minimum Gasteiger partial charge on any atom is -0.490 e. The molecule has 0 fully saturated rings. The highest BCUT2D eigenvalue weighted by Gasteiger charge is 2.30. The number of likely N-dealkylation sites (N-methyl/N-ethyl adjacent to an activating group) is 1. The number of ether oxygens (including phenoxy) is 2. The van der Waals surface area contributed by atoms with Crippen molar-refractivity contribution >= 4 is 0 Å². The van der Waals surface area contributed by atoms with Crippen LogP contribution in [0.3, 0.4) is 0 Å². The molecule has 2 rings (SSSR count). The van der Waals surface area contributed by atoms with Crippen LogP contribution in [0.4, 0.5) is 0 Å². The second-order valence-electron chi connectivity index (χ2n) is 5.35. The molecule has 0 bridgehead atoms. The van der Waals surface area contributed by atoms with Gasteiger partial charge in [0.2, 0.25) is 0 Å². The molecule has 1 aliphatic rings. The van der Waals surface area contributed by atoms with Gasteiger partial charge in [-0.1, -0.05) is 51.3 Å². The van der Waals surface area contributed by atoms with E-state index < -0.39 is 0 Å². The zero-order valence-corrected chi connectivity index (χ0v) is 12.7. The Bertz CT molecular complexity index is 394. The van der Waals surface area contributed by atoms with Crippen molar-refractivity contribution in [3.63, 3.8) is 0 Å². The predicted octanol–water partition coefficient (Wildman–Crippen LogP) is 3.70. The van der Waals surface area contributed by atoms with E-state index in [1.165, 1.54) is 24.8 Å². The van der Waals surface area contributed by atoms with Gasteiger partial charge < -0.3 is 14.8 Å². The minimum absolute atomic E-state index is 0.117. The molecule has 112 valence electrons. The van der Waals surface area contributed by atoms with Crippen LogP contribution in [0.25, 0.3) is 0 Å². The lowest BCUT2D eigenvalue weighted by Crippen LogP contribution is -2.41. The van der Waals surface area contributed by atoms with Gasteiger partial charge in [-0.05, 0) is 19.0 Å². The Morgan fingerprint density at radius 1 is 1.20 bits per heavy atom. The Labute approximate surface area is 122 Å². The van der Waals surface area contributed by atoms with E-state index >= 15 is 0 Å². The van der Waals surface area contributed by atoms with E-state index in [1.807, 2.05) is 12.1 Å². The van der Waals surface area contributed by atoms with Crippen LogP contribution in [-0.2, 0) is 4.74 Å². The van der Waals surface area contributed by atoms with Crippen LogP contribution in [0.15, 0.2) is 24.3 Å². The topological polar surface area (TPSA) is 30.5 Å². The van der Waals surface area contributed by atoms with Crippen LogP contribution in [-0.4, -0.2) is 25.9 Å². The maximum atomic E-state index is 6.06. The number of hydrogen-bond donors (Lipinski definition) is 1. The zero-order chi connectivity index (χ0) is 14.2. The van der Waals surface area contributed by atoms with E-state index in [9.17, 15) is 0 Å². The first kappa shape index (κ1) is 15.3. The van der Waals surface area contributed by atoms with Gasteiger partial charge >= 0.3 is 0 Å². The summed E-state index contributed by atoms with van der Waals surface area (Å²) in [5.74, 6) is 0.990. The van der Waals surface area contributed by atoms with Crippen molar-refractivity contribution in [2.45, 2.75) is 51.7 Å². The molecule has 1 N–H and O–H groups in total. The van der Waals surface area contributed by atoms with Gasteiger partial charge in [-0.2, -0.15) is 0 Å². The highest BCUT2D eigenvalue weighted by Crippen LogP contribution is 2.33. The second-order valence-corrected chi connectivity index (χ2v) is 5.35. The summed E-state index contributed by atoms with van der Waals surface area (Å²) in [6, 6.07) is 8.51. The number of unbranched alkanes of at least 4 members (excludes halogenated alkanes) is 3. The molecule has 2 unspecified atom stereocenters. The molecule has 0 saturated carbocycles. The number of para-hydroxylation sites is 1. The average molecular weight is 277 g/mol. The summed E-state index contributed by atoms with van der Waals surface area (Å²) < 4.78 is 11.9. The summed E-state index contributed by atoms with van der Waals surface area (Å²) >= 11 is 0. The van der Waals surface area contributed by atoms with E-state index in [4.69, 9.17) is 9.47 Å². The molecule has 1 aliphatic heterocycles. The van der Waals surface area contributed by atoms with Crippen molar-refractivity contribution in [2.75, 3.05) is 19.8 Å². The van der Waals surface area contributed by atoms with Crippen molar-refractivity contribution in [1.82, 2.24) is 5.32 Å². The number of fused-ring (bicyclic) bond motifs is 1. The first-order valence-corrected chi connectivity index (χ1v) is 7.93. The van der Waals surface area contributed by atoms with Crippen molar-refractivity contribution < 1.29 is 9.47 Å². The van der Waals surface area contributed by atoms with Crippen molar-refractivity contribution in [3.8, 4) is 5.75 Å². The first-order valence-electron chi connectivity index (χ1n) is 7.93. The second kappa shape index (κ2) is 8.28. The fourth-order valence-corrected chi connectivity index (χ4v) is 2.71. The lowest BCUT2D eigenvalue weighted by Gasteiger charge is -2.34. The third-order valence-electron chi connectivity index (χ3n) is 3.78. The van der Waals surface area contributed by atoms with E-state index in [0.717, 1.165) is 25.3 Å². The molecule has 1 aromatic rings. The average Bonchev–Trinajstić information content (AvgIpc) is 2.49. The van der Waals surface area contributed by atoms with E-state index in [-0.39, 0.29) is 12.1 Å². The van der Waals surface area contributed by atoms with Crippen LogP contribution < -0.4 is 10.1 Å². The van der Waals surface area contributed by atoms with Crippen molar-refractivity contribution in [2.24, 2.45) is 0 Å². The van der Waals surface area contributed by atoms with Crippen LogP contribution in [0.5, 0.6) is 5.75 Å². The molecule has 0 spiro atoms. The van der Waals surface area contributed by atoms with Crippen LogP contribution in [0.2, 0.25) is 0 Å². The Kier molecular flexibility index (Phi) is 6.34. The summed E-state index contributed by atoms with van der Waals surface area (Å²) in [6.45, 7) is 6.78. The summed E-state index contributed by atoms with van der Waals surface area (Å²) in [4.78, 5) is 0. The molecule has 2 atom stereocenters. The van der Waals surface area contributed by atoms with Gasteiger partial charge in [0.05, 0.1) is 6.04 Å². The predicted molar refractivity (Wildman–Crippen MR) is 82.2 cm³/mol. The third-order valence-corrected chi connectivity index (χ3v) is 3.78. The van der Waals surface area contributed by atoms with Gasteiger partial charge in [0.1, 0.15) is 18.5 Å². The molecule has 0 amide bonds. The Hall–Kier alpha value is -1.06. The van der Waals surface area contributed by atoms with E-state index in [0.29, 0.717) is 6.61 Å². The van der Waals surface area contributed by atoms with Gasteiger partial charge in [-0.25, -0.2) is 0 Å². The molecule has 0 aliphatic carbocycles. The highest BCUT2D eigenvalue weighted by molar-refractivity contribution is 5.38. The number of benzene rings is 1. The molecular weight excluding hydrogens is 250 g/mol. The van der Waals surface area contributed by atoms with Crippen molar-refractivity contribution in [1.29, 1.82) is 0 Å². The van der Waals surface area contributed by atoms with E-state index in [1.54, 1.807) is 0 Å². The van der Waals surface area contributed by atoms with Crippen LogP contribution >= 0.6 is 0 Å². The summed E-state index contributed by atoms with van der Waals surface area (Å²) in [7, 11) is 0. The summed E-state index contributed by atoms with van der Waals surface area (Å²) in [5, 5.41) is 3.54. The molecule has 20 heavy (non-hydrogen) atoms. The fraction of sp³-hybridized carbons (Fsp3) is 0.647. The van der Waals surface area contributed by atoms with E-state index in [2.05, 4.69) is 31.3 Å². The normalized spacial score (nSPS) is 21.3. The first-order chi connectivity index (χ1) is 9.86. The largest absolute Gasteiger partial charge is 0.490 e. The summed E-state index contributed by atoms with van der Waals surface area (Å²) in [6.07, 6.45) is 5.08. The molecule has 0 aromatic heterocycles. The third kappa shape index (κ3) is 3.97. The Morgan fingerprint density at radius 2 is 2.05 bits per heavy atom. The van der Waals surface area contributed by atoms with Gasteiger partial charge in [0, 0.05) is 12.2 Å². The molecule has 3 heteroatoms. The number of hydrogen-bond acceptors (Lipinski definition) is 3. The van der Waals surface area contributed by atoms with Crippen molar-refractivity contribution in [3.05, 3.63) is 29.8 Å². The molecule has 1 aromatic carbocycles. The standard InChI is InChI=1S/C17H27NO2/c1-3-5-6-9-12-19-16-13-20-15-11-8-7-10-14(15)17(16)18-4-2/h7-8,10-11,16-18H,3-6,9,12-13H2,1-2H3. The number of rotatable bonds is 8. The SMILES string of the molecule is CCCCCCOC1COc2ccccc2C1NCC. The molecular formula is C17H27NO2. The summed E-state index contributed by atoms with van der Waals surface area (Å²) in [5.41, 5.74) is 1.22. The number of nitrogens with one attached hydrogen (secondary N) is 1. The van der Waals surface area contributed by atoms with Gasteiger partial charge in [-0.3, -0.25) is 0 Å². The molecule has 0 radical (unpaired) electrons. The highest BCUT2D eigenvalue weighted by atomic mass is 16.5. The maximum Gasteiger partial charge on any atom is 0.124 e. The Morgan fingerprint density at radius 3 is 2.85 bits per heavy atom. The van der Waals surface area contributed by atoms with Gasteiger partial charge in [0.15, 0.2) is 0 Å². The zero-order valence-electron chi connectivity index (χ0n) is 12.7. The molecule has 3 nitrogen and oxygen atoms in total. The monoisotopic (exact) mass is 277 g/mol. The quantitative estimate of drug-likeness (QED) is 0.735. The smallest absolute Gasteiger partial charge is 0.124 e. The van der Waals surface area contributed by atoms with Gasteiger partial charge in [-0.15, -0.1) is 0 Å². The molecule has 1 heterocycles. The molecule has 0 saturated heterocycles. The fourth-order valence-electron chi connectivity index (χ4n) is 2.71. The lowest BCUT2D eigenvalue weighted by atomic mass is 9.98. The lowest BCUT2D eigenvalue weighted by molar-refractivity contribution is -0.0165. The minimum atomic E-state index is 0.117. The van der Waals surface area contributed by atoms with Crippen LogP contribution in [0.1, 0.15) is 51.1 Å². The maximum absolute atomic E-state index is 6.06. The van der Waals surface area contributed by atoms with Gasteiger partial charge in [0.25, 0.3) is 0 Å². The van der Waals surface area contributed by atoms with Crippen LogP contribution in [0, 0.1) is 0 Å².